The number of imide groups is 1. The highest BCUT2D eigenvalue weighted by Crippen LogP contribution is 2.26. The molecule has 1 saturated heterocycles. The van der Waals surface area contributed by atoms with Crippen molar-refractivity contribution in [1.82, 2.24) is 10.4 Å². The van der Waals surface area contributed by atoms with Crippen LogP contribution in [0.5, 0.6) is 0 Å². The first-order chi connectivity index (χ1) is 20.8. The van der Waals surface area contributed by atoms with E-state index in [1.54, 1.807) is 19.1 Å². The molecule has 0 saturated carbocycles. The summed E-state index contributed by atoms with van der Waals surface area (Å²) in [5.41, 5.74) is 9.06. The lowest BCUT2D eigenvalue weighted by Crippen LogP contribution is -2.36. The van der Waals surface area contributed by atoms with Gasteiger partial charge in [0, 0.05) is 27.5 Å². The molecule has 2 heterocycles. The number of nitrogens with zero attached hydrogens (tertiary/aromatic N) is 4. The van der Waals surface area contributed by atoms with Gasteiger partial charge in [-0.15, -0.1) is 5.06 Å². The molecule has 0 radical (unpaired) electrons. The summed E-state index contributed by atoms with van der Waals surface area (Å²) in [6.07, 6.45) is -1.28. The molecule has 0 unspecified atom stereocenters. The number of azide groups is 1. The number of fused-ring (bicyclic) bond motifs is 1. The zero-order valence-electron chi connectivity index (χ0n) is 22.9. The van der Waals surface area contributed by atoms with Gasteiger partial charge in [-0.2, -0.15) is 8.42 Å². The quantitative estimate of drug-likeness (QED) is 0.0316. The number of benzene rings is 1. The molecule has 2 N–H and O–H groups in total. The maximum Gasteiger partial charge on any atom is 0.340 e. The number of amides is 3. The maximum atomic E-state index is 12.4. The number of ether oxygens (including phenoxy) is 1. The number of hydroxylamine groups is 2. The first kappa shape index (κ1) is 34.4. The minimum Gasteiger partial charge on any atom is -0.464 e. The number of rotatable bonds is 15. The predicted octanol–water partition coefficient (Wildman–Crippen LogP) is 1.88. The second-order valence-corrected chi connectivity index (χ2v) is 13.3. The molecule has 3 rings (SSSR count). The first-order valence-electron chi connectivity index (χ1n) is 12.6. The van der Waals surface area contributed by atoms with Crippen LogP contribution in [0.1, 0.15) is 30.4 Å². The number of hydrogen-bond acceptors (Lipinski definition) is 14. The molecule has 0 bridgehead atoms. The minimum absolute atomic E-state index is 0.00900. The molecule has 1 aliphatic rings. The highest BCUT2D eigenvalue weighted by Gasteiger charge is 2.48. The molecule has 1 aromatic carbocycles. The van der Waals surface area contributed by atoms with Gasteiger partial charge in [0.25, 0.3) is 21.9 Å². The van der Waals surface area contributed by atoms with Crippen LogP contribution in [0.2, 0.25) is 0 Å². The van der Waals surface area contributed by atoms with Crippen LogP contribution < -0.4 is 10.9 Å². The molecule has 3 amide bonds. The summed E-state index contributed by atoms with van der Waals surface area (Å²) in [6, 6.07) is 4.60. The number of aryl methyl sites for hydroxylation is 1. The molecule has 1 fully saturated rings. The molecular weight excluding hydrogens is 646 g/mol. The van der Waals surface area contributed by atoms with Crippen molar-refractivity contribution in [3.8, 4) is 0 Å². The van der Waals surface area contributed by atoms with Gasteiger partial charge in [0.05, 0.1) is 37.8 Å². The van der Waals surface area contributed by atoms with E-state index in [1.807, 2.05) is 0 Å². The van der Waals surface area contributed by atoms with E-state index in [4.69, 9.17) is 19.2 Å². The Kier molecular flexibility index (Phi) is 12.2. The van der Waals surface area contributed by atoms with Crippen molar-refractivity contribution >= 4 is 78.0 Å². The zero-order chi connectivity index (χ0) is 32.4. The van der Waals surface area contributed by atoms with Crippen molar-refractivity contribution in [1.29, 1.82) is 0 Å². The summed E-state index contributed by atoms with van der Waals surface area (Å²) >= 11 is 0. The molecule has 44 heavy (non-hydrogen) atoms. The number of hydrogen-bond donors (Lipinski definition) is 2. The molecular formula is C24H25N5O12S3. The summed E-state index contributed by atoms with van der Waals surface area (Å²) in [5, 5.41) is 4.63. The molecule has 1 aliphatic heterocycles. The van der Waals surface area contributed by atoms with Crippen molar-refractivity contribution in [3.63, 3.8) is 0 Å². The van der Waals surface area contributed by atoms with Crippen LogP contribution in [0.25, 0.3) is 21.4 Å². The molecule has 1 atom stereocenters. The Morgan fingerprint density at radius 3 is 2.50 bits per heavy atom. The van der Waals surface area contributed by atoms with E-state index in [0.29, 0.717) is 16.7 Å². The lowest BCUT2D eigenvalue weighted by atomic mass is 10.0. The monoisotopic (exact) mass is 671 g/mol. The van der Waals surface area contributed by atoms with Crippen LogP contribution in [0.15, 0.2) is 32.5 Å². The van der Waals surface area contributed by atoms with Gasteiger partial charge in [0.2, 0.25) is 5.91 Å². The molecule has 2 aromatic rings. The third kappa shape index (κ3) is 9.45. The molecule has 0 aliphatic carbocycles. The first-order valence-corrected chi connectivity index (χ1v) is 16.6. The Balaban J connectivity index is 1.28. The van der Waals surface area contributed by atoms with Crippen LogP contribution >= 0.6 is 21.6 Å². The summed E-state index contributed by atoms with van der Waals surface area (Å²) < 4.78 is 41.5. The SMILES string of the molecule is Cc1c(CC(=O)NCCOC(=O)CCSSCCC(=O)ON2C(=O)C[C@@H](S(=O)(=O)O)C2=O)c(=O)oc2cc(N=[N+]=[N-])ccc12. The second-order valence-electron chi connectivity index (χ2n) is 8.95. The molecule has 236 valence electrons. The van der Waals surface area contributed by atoms with Gasteiger partial charge in [-0.3, -0.25) is 23.7 Å². The topological polar surface area (TPSA) is 252 Å². The number of carbonyl (C=O) groups excluding carboxylic acids is 5. The average Bonchev–Trinajstić information content (AvgIpc) is 3.24. The Labute approximate surface area is 256 Å². The molecule has 1 aromatic heterocycles. The third-order valence-corrected chi connectivity index (χ3v) is 9.43. The predicted molar refractivity (Wildman–Crippen MR) is 156 cm³/mol. The largest absolute Gasteiger partial charge is 0.464 e. The van der Waals surface area contributed by atoms with Gasteiger partial charge in [-0.25, -0.2) is 9.59 Å². The van der Waals surface area contributed by atoms with Gasteiger partial charge in [0.1, 0.15) is 12.2 Å². The van der Waals surface area contributed by atoms with Crippen molar-refractivity contribution in [2.45, 2.75) is 37.9 Å². The van der Waals surface area contributed by atoms with E-state index in [2.05, 4.69) is 20.2 Å². The van der Waals surface area contributed by atoms with Gasteiger partial charge in [0.15, 0.2) is 5.25 Å². The van der Waals surface area contributed by atoms with E-state index in [0.717, 1.165) is 0 Å². The molecule has 17 nitrogen and oxygen atoms in total. The minimum atomic E-state index is -4.81. The number of nitrogens with one attached hydrogen (secondary N) is 1. The van der Waals surface area contributed by atoms with Gasteiger partial charge >= 0.3 is 17.6 Å². The standard InChI is InChI=1S/C24H25N5O12S3/c1-13-15-3-2-14(27-28-25)10-17(15)40-24(35)16(13)11-19(30)26-6-7-39-21(32)4-8-42-43-9-5-22(33)41-29-20(31)12-18(23(29)34)44(36,37)38/h2-3,10,18H,4-9,11-12H2,1H3,(H,26,30)(H,36,37,38)/t18-/m1/s1. The summed E-state index contributed by atoms with van der Waals surface area (Å²) in [5.74, 6) is -3.87. The Bertz CT molecular complexity index is 1690. The highest BCUT2D eigenvalue weighted by atomic mass is 33.1. The normalized spacial score (nSPS) is 14.8. The summed E-state index contributed by atoms with van der Waals surface area (Å²) in [7, 11) is -2.37. The van der Waals surface area contributed by atoms with Gasteiger partial charge in [-0.05, 0) is 24.1 Å². The van der Waals surface area contributed by atoms with Crippen LogP contribution in [0.4, 0.5) is 5.69 Å². The van der Waals surface area contributed by atoms with E-state index in [1.165, 1.54) is 27.7 Å². The van der Waals surface area contributed by atoms with Crippen molar-refractivity contribution in [2.24, 2.45) is 5.11 Å². The lowest BCUT2D eigenvalue weighted by Gasteiger charge is -2.13. The van der Waals surface area contributed by atoms with Crippen LogP contribution in [-0.4, -0.2) is 77.6 Å². The summed E-state index contributed by atoms with van der Waals surface area (Å²) in [6.45, 7) is 1.57. The molecule has 0 spiro atoms. The summed E-state index contributed by atoms with van der Waals surface area (Å²) in [4.78, 5) is 79.4. The Morgan fingerprint density at radius 1 is 1.18 bits per heavy atom. The van der Waals surface area contributed by atoms with Crippen LogP contribution in [0, 0.1) is 6.92 Å². The zero-order valence-corrected chi connectivity index (χ0v) is 25.4. The Morgan fingerprint density at radius 2 is 1.86 bits per heavy atom. The van der Waals surface area contributed by atoms with Crippen LogP contribution in [0.3, 0.4) is 0 Å². The smallest absolute Gasteiger partial charge is 0.340 e. The number of esters is 1. The van der Waals surface area contributed by atoms with Gasteiger partial charge in [-0.1, -0.05) is 38.8 Å². The lowest BCUT2D eigenvalue weighted by molar-refractivity contribution is -0.197. The fourth-order valence-corrected chi connectivity index (χ4v) is 6.42. The third-order valence-electron chi connectivity index (χ3n) is 5.93. The van der Waals surface area contributed by atoms with Crippen LogP contribution in [-0.2, 0) is 50.1 Å². The van der Waals surface area contributed by atoms with E-state index in [9.17, 15) is 37.2 Å². The van der Waals surface area contributed by atoms with E-state index < -0.39 is 57.1 Å². The second kappa shape index (κ2) is 15.6. The highest BCUT2D eigenvalue weighted by molar-refractivity contribution is 8.76. The average molecular weight is 672 g/mol. The van der Waals surface area contributed by atoms with Crippen molar-refractivity contribution < 1.29 is 50.9 Å². The van der Waals surface area contributed by atoms with Gasteiger partial charge < -0.3 is 19.3 Å². The van der Waals surface area contributed by atoms with E-state index >= 15 is 0 Å². The maximum absolute atomic E-state index is 12.4. The molecule has 20 heteroatoms. The Hall–Kier alpha value is -4.10. The fourth-order valence-electron chi connectivity index (χ4n) is 3.78. The van der Waals surface area contributed by atoms with E-state index in [-0.39, 0.29) is 60.1 Å². The number of carbonyl (C=O) groups is 5. The van der Waals surface area contributed by atoms with Crippen molar-refractivity contribution in [2.75, 3.05) is 24.7 Å². The fraction of sp³-hybridized carbons (Fsp3) is 0.417. The van der Waals surface area contributed by atoms with Crippen molar-refractivity contribution in [3.05, 3.63) is 50.2 Å².